The van der Waals surface area contributed by atoms with Gasteiger partial charge in [-0.15, -0.1) is 0 Å². The summed E-state index contributed by atoms with van der Waals surface area (Å²) in [7, 11) is -5.03. The maximum absolute atomic E-state index is 12.9. The summed E-state index contributed by atoms with van der Waals surface area (Å²) in [5, 5.41) is 50.4. The van der Waals surface area contributed by atoms with Crippen LogP contribution in [0.3, 0.4) is 0 Å². The molecule has 72 heavy (non-hydrogen) atoms. The fourth-order valence-corrected chi connectivity index (χ4v) is 9.79. The number of carbonyl (C=O) groups is 1. The molecule has 0 aromatic heterocycles. The molecule has 1 aliphatic carbocycles. The van der Waals surface area contributed by atoms with Crippen molar-refractivity contribution in [3.63, 3.8) is 0 Å². The fraction of sp³-hybridized carbons (Fsp3) is 0.814. The lowest BCUT2D eigenvalue weighted by molar-refractivity contribution is -0.220. The second kappa shape index (κ2) is 48.7. The fourth-order valence-electron chi connectivity index (χ4n) is 8.81. The number of rotatable bonds is 50. The molecule has 0 heterocycles. The first-order valence-electron chi connectivity index (χ1n) is 29.1. The summed E-state index contributed by atoms with van der Waals surface area (Å²) in [6.45, 7) is 4.18. The van der Waals surface area contributed by atoms with Gasteiger partial charge in [-0.1, -0.05) is 222 Å². The van der Waals surface area contributed by atoms with Gasteiger partial charge in [-0.2, -0.15) is 0 Å². The molecule has 6 atom stereocenters. The zero-order valence-electron chi connectivity index (χ0n) is 45.5. The second-order valence-electron chi connectivity index (χ2n) is 20.1. The largest absolute Gasteiger partial charge is 0.472 e. The van der Waals surface area contributed by atoms with Crippen LogP contribution in [-0.2, 0) is 27.9 Å². The van der Waals surface area contributed by atoms with Crippen LogP contribution >= 0.6 is 7.82 Å². The van der Waals surface area contributed by atoms with Crippen molar-refractivity contribution in [2.75, 3.05) is 19.8 Å². The molecule has 6 N–H and O–H groups in total. The third-order valence-electron chi connectivity index (χ3n) is 13.4. The lowest BCUT2D eigenvalue weighted by Gasteiger charge is -2.41. The van der Waals surface area contributed by atoms with Gasteiger partial charge >= 0.3 is 13.8 Å². The molecule has 0 amide bonds. The minimum atomic E-state index is -5.03. The first-order valence-corrected chi connectivity index (χ1v) is 30.6. The van der Waals surface area contributed by atoms with Crippen LogP contribution in [0, 0.1) is 0 Å². The highest BCUT2D eigenvalue weighted by atomic mass is 31.2. The lowest BCUT2D eigenvalue weighted by atomic mass is 9.85. The molecule has 420 valence electrons. The summed E-state index contributed by atoms with van der Waals surface area (Å²) in [4.78, 5) is 23.3. The summed E-state index contributed by atoms with van der Waals surface area (Å²) in [5.41, 5.74) is 0. The maximum Gasteiger partial charge on any atom is 0.472 e. The molecule has 1 saturated carbocycles. The molecular formula is C59H107O12P. The van der Waals surface area contributed by atoms with E-state index in [-0.39, 0.29) is 13.0 Å². The Hall–Kier alpha value is -1.96. The van der Waals surface area contributed by atoms with Crippen LogP contribution in [0.25, 0.3) is 0 Å². The molecule has 0 bridgehead atoms. The lowest BCUT2D eigenvalue weighted by Crippen LogP contribution is -2.64. The Morgan fingerprint density at radius 2 is 0.819 bits per heavy atom. The van der Waals surface area contributed by atoms with E-state index in [2.05, 4.69) is 74.6 Å². The van der Waals surface area contributed by atoms with E-state index in [0.717, 1.165) is 70.6 Å². The number of carbonyl (C=O) groups excluding carboxylic acids is 1. The van der Waals surface area contributed by atoms with Crippen molar-refractivity contribution in [1.29, 1.82) is 0 Å². The third-order valence-corrected chi connectivity index (χ3v) is 14.4. The SMILES string of the molecule is CC/C=C\C/C=C\C/C=C\C/C=C\CCCCCCCCCCCCC(=O)OC(COCCCCCCCCCCCC/C=C\CCCCCCCCCC)COP(=O)(O)OC1C(O)C(O)C(O)C(O)C1O. The first kappa shape index (κ1) is 68.1. The smallest absolute Gasteiger partial charge is 0.457 e. The van der Waals surface area contributed by atoms with Crippen molar-refractivity contribution < 1.29 is 58.3 Å². The highest BCUT2D eigenvalue weighted by molar-refractivity contribution is 7.47. The van der Waals surface area contributed by atoms with Crippen LogP contribution in [0.15, 0.2) is 60.8 Å². The topological polar surface area (TPSA) is 192 Å². The predicted molar refractivity (Wildman–Crippen MR) is 295 cm³/mol. The van der Waals surface area contributed by atoms with Crippen LogP contribution in [0.1, 0.15) is 245 Å². The van der Waals surface area contributed by atoms with E-state index in [1.165, 1.54) is 148 Å². The highest BCUT2D eigenvalue weighted by Crippen LogP contribution is 2.47. The Bertz CT molecular complexity index is 1420. The summed E-state index contributed by atoms with van der Waals surface area (Å²) in [5.74, 6) is -0.481. The number of esters is 1. The maximum atomic E-state index is 12.9. The van der Waals surface area contributed by atoms with Crippen molar-refractivity contribution >= 4 is 13.8 Å². The predicted octanol–water partition coefficient (Wildman–Crippen LogP) is 14.1. The summed E-state index contributed by atoms with van der Waals surface area (Å²) < 4.78 is 34.4. The minimum absolute atomic E-state index is 0.0798. The van der Waals surface area contributed by atoms with E-state index in [1.807, 2.05) is 0 Å². The Morgan fingerprint density at radius 3 is 1.26 bits per heavy atom. The molecule has 0 spiro atoms. The zero-order chi connectivity index (χ0) is 52.6. The number of hydrogen-bond donors (Lipinski definition) is 6. The number of ether oxygens (including phenoxy) is 2. The number of aliphatic hydroxyl groups is 5. The molecule has 0 aromatic rings. The minimum Gasteiger partial charge on any atom is -0.457 e. The summed E-state index contributed by atoms with van der Waals surface area (Å²) >= 11 is 0. The number of allylic oxidation sites excluding steroid dienone is 10. The molecule has 13 heteroatoms. The molecule has 1 rings (SSSR count). The quantitative estimate of drug-likeness (QED) is 0.0146. The van der Waals surface area contributed by atoms with Gasteiger partial charge in [-0.05, 0) is 77.0 Å². The van der Waals surface area contributed by atoms with Crippen LogP contribution < -0.4 is 0 Å². The van der Waals surface area contributed by atoms with Gasteiger partial charge in [0.25, 0.3) is 0 Å². The third kappa shape index (κ3) is 39.5. The number of unbranched alkanes of at least 4 members (excludes halogenated alkanes) is 28. The Kier molecular flexibility index (Phi) is 46.0. The average Bonchev–Trinajstić information content (AvgIpc) is 3.37. The van der Waals surface area contributed by atoms with Crippen LogP contribution in [-0.4, -0.2) is 98.9 Å². The molecular weight excluding hydrogens is 932 g/mol. The van der Waals surface area contributed by atoms with Crippen molar-refractivity contribution in [3.8, 4) is 0 Å². The van der Waals surface area contributed by atoms with E-state index in [0.29, 0.717) is 13.0 Å². The number of aliphatic hydroxyl groups excluding tert-OH is 5. The van der Waals surface area contributed by atoms with Crippen LogP contribution in [0.5, 0.6) is 0 Å². The van der Waals surface area contributed by atoms with Crippen molar-refractivity contribution in [2.45, 2.75) is 288 Å². The first-order chi connectivity index (χ1) is 35.0. The van der Waals surface area contributed by atoms with Crippen molar-refractivity contribution in [3.05, 3.63) is 60.8 Å². The molecule has 0 radical (unpaired) electrons. The van der Waals surface area contributed by atoms with Gasteiger partial charge in [0.15, 0.2) is 0 Å². The Labute approximate surface area is 438 Å². The van der Waals surface area contributed by atoms with E-state index >= 15 is 0 Å². The monoisotopic (exact) mass is 1040 g/mol. The van der Waals surface area contributed by atoms with Gasteiger partial charge in [0.2, 0.25) is 0 Å². The summed E-state index contributed by atoms with van der Waals surface area (Å²) in [6.07, 6.45) is 51.4. The number of phosphoric ester groups is 1. The molecule has 1 fully saturated rings. The average molecular weight is 1040 g/mol. The van der Waals surface area contributed by atoms with Gasteiger partial charge < -0.3 is 39.9 Å². The van der Waals surface area contributed by atoms with Gasteiger partial charge in [0.05, 0.1) is 13.2 Å². The standard InChI is InChI=1S/C59H107O12P/c1-3-5-7-9-11-13-15-17-19-21-23-25-27-28-30-32-34-36-38-40-42-44-46-48-53(60)70-52(51-69-72(66,67)71-59-57(64)55(62)54(61)56(63)58(59)65)50-68-49-47-45-43-41-39-37-35-33-31-29-26-24-22-20-18-16-14-12-10-8-6-4-2/h5,7,11,13,17,19,22-25,52,54-59,61-65H,3-4,6,8-10,12,14-16,18,20-21,26-51H2,1-2H3,(H,66,67)/b7-5-,13-11-,19-17-,24-22-,25-23-. The van der Waals surface area contributed by atoms with Crippen molar-refractivity contribution in [1.82, 2.24) is 0 Å². The summed E-state index contributed by atoms with van der Waals surface area (Å²) in [6, 6.07) is 0. The molecule has 0 aliphatic heterocycles. The van der Waals surface area contributed by atoms with E-state index < -0.39 is 63.1 Å². The highest BCUT2D eigenvalue weighted by Gasteiger charge is 2.51. The zero-order valence-corrected chi connectivity index (χ0v) is 46.4. The van der Waals surface area contributed by atoms with E-state index in [9.17, 15) is 39.8 Å². The number of phosphoric acid groups is 1. The van der Waals surface area contributed by atoms with Gasteiger partial charge in [-0.25, -0.2) is 4.57 Å². The van der Waals surface area contributed by atoms with E-state index in [1.54, 1.807) is 0 Å². The normalized spacial score (nSPS) is 21.1. The van der Waals surface area contributed by atoms with Crippen molar-refractivity contribution in [2.24, 2.45) is 0 Å². The van der Waals surface area contributed by atoms with Gasteiger partial charge in [0.1, 0.15) is 42.7 Å². The van der Waals surface area contributed by atoms with Crippen LogP contribution in [0.4, 0.5) is 0 Å². The molecule has 0 saturated heterocycles. The molecule has 1 aliphatic rings. The molecule has 6 unspecified atom stereocenters. The van der Waals surface area contributed by atoms with Crippen LogP contribution in [0.2, 0.25) is 0 Å². The Balaban J connectivity index is 2.28. The van der Waals surface area contributed by atoms with Gasteiger partial charge in [-0.3, -0.25) is 13.8 Å². The molecule has 0 aromatic carbocycles. The second-order valence-corrected chi connectivity index (χ2v) is 21.5. The van der Waals surface area contributed by atoms with Gasteiger partial charge in [0, 0.05) is 13.0 Å². The van der Waals surface area contributed by atoms with E-state index in [4.69, 9.17) is 18.5 Å². The number of hydrogen-bond acceptors (Lipinski definition) is 11. The molecule has 12 nitrogen and oxygen atoms in total. The Morgan fingerprint density at radius 1 is 0.458 bits per heavy atom.